The molecule has 76 valence electrons. The number of hydrogen-bond donors (Lipinski definition) is 0. The lowest BCUT2D eigenvalue weighted by molar-refractivity contribution is 0.424. The lowest BCUT2D eigenvalue weighted by Gasteiger charge is -2.01. The normalized spacial score (nSPS) is 22.0. The van der Waals surface area contributed by atoms with Gasteiger partial charge < -0.3 is 4.74 Å². The fourth-order valence-electron chi connectivity index (χ4n) is 1.05. The molecule has 1 aromatic rings. The largest absolute Gasteiger partial charge is 0.372 e. The van der Waals surface area contributed by atoms with Crippen molar-refractivity contribution in [1.29, 1.82) is 0 Å². The Labute approximate surface area is 88.5 Å². The molecule has 2 atom stereocenters. The number of hydrogen-bond acceptors (Lipinski definition) is 2. The second-order valence-electron chi connectivity index (χ2n) is 3.04. The van der Waals surface area contributed by atoms with Crippen LogP contribution >= 0.6 is 11.6 Å². The van der Waals surface area contributed by atoms with Gasteiger partial charge in [-0.3, -0.25) is 4.21 Å². The second-order valence-corrected chi connectivity index (χ2v) is 4.95. The van der Waals surface area contributed by atoms with Crippen LogP contribution in [0.15, 0.2) is 23.1 Å². The van der Waals surface area contributed by atoms with Crippen molar-refractivity contribution in [3.63, 3.8) is 0 Å². The maximum atomic E-state index is 12.8. The van der Waals surface area contributed by atoms with Gasteiger partial charge in [-0.25, -0.2) is 4.39 Å². The van der Waals surface area contributed by atoms with Crippen LogP contribution in [0.5, 0.6) is 0 Å². The highest BCUT2D eigenvalue weighted by Gasteiger charge is 2.25. The number of halogens is 2. The zero-order valence-electron chi connectivity index (χ0n) is 7.20. The summed E-state index contributed by atoms with van der Waals surface area (Å²) in [4.78, 5) is 0.548. The van der Waals surface area contributed by atoms with Crippen LogP contribution in [0, 0.1) is 5.82 Å². The van der Waals surface area contributed by atoms with Crippen LogP contribution in [-0.4, -0.2) is 22.7 Å². The molecule has 0 spiro atoms. The van der Waals surface area contributed by atoms with Crippen molar-refractivity contribution in [2.75, 3.05) is 12.4 Å². The Kier molecular flexibility index (Phi) is 2.85. The minimum absolute atomic E-state index is 0.00700. The summed E-state index contributed by atoms with van der Waals surface area (Å²) in [7, 11) is -1.15. The molecule has 0 bridgehead atoms. The van der Waals surface area contributed by atoms with Gasteiger partial charge in [0.05, 0.1) is 34.3 Å². The molecule has 1 saturated heterocycles. The van der Waals surface area contributed by atoms with Gasteiger partial charge in [-0.2, -0.15) is 0 Å². The maximum Gasteiger partial charge on any atom is 0.141 e. The smallest absolute Gasteiger partial charge is 0.141 e. The zero-order valence-corrected chi connectivity index (χ0v) is 8.78. The van der Waals surface area contributed by atoms with Crippen molar-refractivity contribution in [1.82, 2.24) is 0 Å². The van der Waals surface area contributed by atoms with Gasteiger partial charge in [0.2, 0.25) is 0 Å². The van der Waals surface area contributed by atoms with Crippen LogP contribution in [0.25, 0.3) is 0 Å². The molecule has 0 amide bonds. The molecular formula is C9H8ClFO2S. The second kappa shape index (κ2) is 3.96. The number of benzene rings is 1. The number of epoxide rings is 1. The van der Waals surface area contributed by atoms with E-state index in [9.17, 15) is 8.60 Å². The quantitative estimate of drug-likeness (QED) is 0.749. The Hall–Kier alpha value is -0.450. The highest BCUT2D eigenvalue weighted by Crippen LogP contribution is 2.20. The van der Waals surface area contributed by atoms with E-state index < -0.39 is 16.6 Å². The summed E-state index contributed by atoms with van der Waals surface area (Å²) in [6.45, 7) is 0.667. The first kappa shape index (κ1) is 10.1. The molecule has 2 unspecified atom stereocenters. The summed E-state index contributed by atoms with van der Waals surface area (Å²) < 4.78 is 29.3. The third-order valence-electron chi connectivity index (χ3n) is 1.89. The standard InChI is InChI=1S/C9H8ClFO2S/c10-8-3-7(1-2-9(8)11)14(12)5-6-4-13-6/h1-3,6H,4-5H2. The van der Waals surface area contributed by atoms with Crippen LogP contribution in [-0.2, 0) is 15.5 Å². The molecule has 1 aliphatic heterocycles. The molecule has 0 radical (unpaired) electrons. The average molecular weight is 235 g/mol. The minimum Gasteiger partial charge on any atom is -0.372 e. The van der Waals surface area contributed by atoms with Crippen LogP contribution < -0.4 is 0 Å². The van der Waals surface area contributed by atoms with Gasteiger partial charge >= 0.3 is 0 Å². The van der Waals surface area contributed by atoms with Crippen molar-refractivity contribution >= 4 is 22.4 Å². The highest BCUT2D eigenvalue weighted by atomic mass is 35.5. The Balaban J connectivity index is 2.14. The van der Waals surface area contributed by atoms with E-state index in [2.05, 4.69) is 0 Å². The molecule has 1 heterocycles. The summed E-state index contributed by atoms with van der Waals surface area (Å²) in [5.74, 6) is -0.0304. The summed E-state index contributed by atoms with van der Waals surface area (Å²) in [5, 5.41) is 0.00700. The van der Waals surface area contributed by atoms with Crippen molar-refractivity contribution in [3.8, 4) is 0 Å². The Morgan fingerprint density at radius 2 is 2.36 bits per heavy atom. The molecule has 1 aromatic carbocycles. The van der Waals surface area contributed by atoms with Crippen LogP contribution in [0.1, 0.15) is 0 Å². The molecule has 5 heteroatoms. The van der Waals surface area contributed by atoms with Gasteiger partial charge in [0.25, 0.3) is 0 Å². The van der Waals surface area contributed by atoms with Gasteiger partial charge in [0.1, 0.15) is 5.82 Å². The van der Waals surface area contributed by atoms with E-state index in [-0.39, 0.29) is 11.1 Å². The molecule has 2 rings (SSSR count). The summed E-state index contributed by atoms with van der Waals surface area (Å²) in [5.41, 5.74) is 0. The molecule has 1 fully saturated rings. The fraction of sp³-hybridized carbons (Fsp3) is 0.333. The first-order chi connectivity index (χ1) is 6.66. The molecule has 14 heavy (non-hydrogen) atoms. The van der Waals surface area contributed by atoms with Crippen molar-refractivity contribution < 1.29 is 13.3 Å². The van der Waals surface area contributed by atoms with E-state index in [4.69, 9.17) is 16.3 Å². The zero-order chi connectivity index (χ0) is 10.1. The number of ether oxygens (including phenoxy) is 1. The van der Waals surface area contributed by atoms with E-state index in [1.165, 1.54) is 18.2 Å². The van der Waals surface area contributed by atoms with E-state index >= 15 is 0 Å². The molecule has 0 aliphatic carbocycles. The van der Waals surface area contributed by atoms with E-state index in [1.807, 2.05) is 0 Å². The number of rotatable bonds is 3. The predicted octanol–water partition coefficient (Wildman–Crippen LogP) is 1.99. The first-order valence-electron chi connectivity index (χ1n) is 4.12. The van der Waals surface area contributed by atoms with E-state index in [0.717, 1.165) is 0 Å². The summed E-state index contributed by atoms with van der Waals surface area (Å²) in [6, 6.07) is 4.11. The predicted molar refractivity (Wildman–Crippen MR) is 52.4 cm³/mol. The van der Waals surface area contributed by atoms with E-state index in [0.29, 0.717) is 17.3 Å². The van der Waals surface area contributed by atoms with Crippen molar-refractivity contribution in [2.24, 2.45) is 0 Å². The Morgan fingerprint density at radius 1 is 1.64 bits per heavy atom. The topological polar surface area (TPSA) is 29.6 Å². The van der Waals surface area contributed by atoms with Gasteiger partial charge in [0, 0.05) is 4.90 Å². The monoisotopic (exact) mass is 234 g/mol. The molecule has 0 N–H and O–H groups in total. The van der Waals surface area contributed by atoms with Gasteiger partial charge in [-0.05, 0) is 18.2 Å². The molecule has 1 aliphatic rings. The molecule has 2 nitrogen and oxygen atoms in total. The van der Waals surface area contributed by atoms with Gasteiger partial charge in [-0.15, -0.1) is 0 Å². The van der Waals surface area contributed by atoms with Gasteiger partial charge in [0.15, 0.2) is 0 Å². The lowest BCUT2D eigenvalue weighted by atomic mass is 10.3. The highest BCUT2D eigenvalue weighted by molar-refractivity contribution is 7.85. The summed E-state index contributed by atoms with van der Waals surface area (Å²) in [6.07, 6.45) is 0.0969. The fourth-order valence-corrected chi connectivity index (χ4v) is 2.48. The van der Waals surface area contributed by atoms with Crippen LogP contribution in [0.3, 0.4) is 0 Å². The molecule has 0 saturated carbocycles. The molecular weight excluding hydrogens is 227 g/mol. The maximum absolute atomic E-state index is 12.8. The first-order valence-corrected chi connectivity index (χ1v) is 5.81. The van der Waals surface area contributed by atoms with Gasteiger partial charge in [-0.1, -0.05) is 11.6 Å². The molecule has 0 aromatic heterocycles. The third kappa shape index (κ3) is 2.32. The van der Waals surface area contributed by atoms with Crippen LogP contribution in [0.2, 0.25) is 5.02 Å². The average Bonchev–Trinajstić information content (AvgIpc) is 2.93. The van der Waals surface area contributed by atoms with Crippen molar-refractivity contribution in [2.45, 2.75) is 11.0 Å². The van der Waals surface area contributed by atoms with Crippen LogP contribution in [0.4, 0.5) is 4.39 Å². The lowest BCUT2D eigenvalue weighted by Crippen LogP contribution is -2.04. The third-order valence-corrected chi connectivity index (χ3v) is 3.64. The van der Waals surface area contributed by atoms with E-state index in [1.54, 1.807) is 0 Å². The van der Waals surface area contributed by atoms with Crippen molar-refractivity contribution in [3.05, 3.63) is 29.0 Å². The Morgan fingerprint density at radius 3 is 2.93 bits per heavy atom. The Bertz CT molecular complexity index is 379. The summed E-state index contributed by atoms with van der Waals surface area (Å²) >= 11 is 5.57. The SMILES string of the molecule is O=S(CC1CO1)c1ccc(F)c(Cl)c1. The minimum atomic E-state index is -1.15.